The fourth-order valence-corrected chi connectivity index (χ4v) is 2.55. The lowest BCUT2D eigenvalue weighted by Crippen LogP contribution is -1.92. The van der Waals surface area contributed by atoms with Gasteiger partial charge in [0.1, 0.15) is 12.2 Å². The van der Waals surface area contributed by atoms with Gasteiger partial charge in [-0.05, 0) is 30.4 Å². The van der Waals surface area contributed by atoms with Crippen LogP contribution in [0, 0.1) is 0 Å². The van der Waals surface area contributed by atoms with Crippen LogP contribution in [0.2, 0.25) is 0 Å². The predicted octanol–water partition coefficient (Wildman–Crippen LogP) is 4.44. The van der Waals surface area contributed by atoms with Gasteiger partial charge < -0.3 is 0 Å². The molecule has 0 saturated heterocycles. The van der Waals surface area contributed by atoms with Crippen molar-refractivity contribution in [1.29, 1.82) is 0 Å². The zero-order valence-electron chi connectivity index (χ0n) is 13.5. The molecule has 0 spiro atoms. The average Bonchev–Trinajstić information content (AvgIpc) is 3.24. The SMILES string of the molecule is CC.FC1=CC=CC(c2[nH]nc3ccc(-c4ncn[nH]4)cc23)C=C1. The molecule has 3 aromatic rings. The number of hydrogen-bond acceptors (Lipinski definition) is 3. The Morgan fingerprint density at radius 1 is 1.12 bits per heavy atom. The molecule has 1 aromatic carbocycles. The van der Waals surface area contributed by atoms with Gasteiger partial charge in [0.25, 0.3) is 0 Å². The van der Waals surface area contributed by atoms with E-state index >= 15 is 0 Å². The van der Waals surface area contributed by atoms with Crippen molar-refractivity contribution in [2.45, 2.75) is 19.8 Å². The highest BCUT2D eigenvalue weighted by atomic mass is 19.1. The fraction of sp³-hybridized carbons (Fsp3) is 0.167. The summed E-state index contributed by atoms with van der Waals surface area (Å²) in [5.41, 5.74) is 2.71. The topological polar surface area (TPSA) is 70.2 Å². The molecule has 1 unspecified atom stereocenters. The van der Waals surface area contributed by atoms with E-state index in [-0.39, 0.29) is 11.7 Å². The molecule has 6 heteroatoms. The Morgan fingerprint density at radius 3 is 2.79 bits per heavy atom. The normalized spacial score (nSPS) is 16.5. The first-order chi connectivity index (χ1) is 11.8. The van der Waals surface area contributed by atoms with E-state index in [2.05, 4.69) is 25.4 Å². The monoisotopic (exact) mass is 323 g/mol. The van der Waals surface area contributed by atoms with Gasteiger partial charge in [0, 0.05) is 16.9 Å². The number of H-pyrrole nitrogens is 2. The highest BCUT2D eigenvalue weighted by Gasteiger charge is 2.14. The van der Waals surface area contributed by atoms with Crippen molar-refractivity contribution in [1.82, 2.24) is 25.4 Å². The quantitative estimate of drug-likeness (QED) is 0.732. The molecule has 0 aliphatic heterocycles. The van der Waals surface area contributed by atoms with Crippen LogP contribution in [0.5, 0.6) is 0 Å². The van der Waals surface area contributed by atoms with Crippen LogP contribution in [0.25, 0.3) is 22.3 Å². The van der Waals surface area contributed by atoms with Gasteiger partial charge in [0.15, 0.2) is 5.82 Å². The smallest absolute Gasteiger partial charge is 0.155 e. The number of rotatable bonds is 2. The van der Waals surface area contributed by atoms with E-state index in [9.17, 15) is 4.39 Å². The Labute approximate surface area is 139 Å². The second kappa shape index (κ2) is 7.04. The molecule has 0 bridgehead atoms. The molecule has 4 rings (SSSR count). The summed E-state index contributed by atoms with van der Waals surface area (Å²) in [5, 5.41) is 15.1. The zero-order valence-corrected chi connectivity index (χ0v) is 13.5. The molecule has 2 heterocycles. The van der Waals surface area contributed by atoms with Crippen molar-refractivity contribution in [3.63, 3.8) is 0 Å². The summed E-state index contributed by atoms with van der Waals surface area (Å²) in [6.07, 6.45) is 9.83. The largest absolute Gasteiger partial charge is 0.280 e. The number of halogens is 1. The maximum Gasteiger partial charge on any atom is 0.155 e. The van der Waals surface area contributed by atoms with Crippen LogP contribution >= 0.6 is 0 Å². The highest BCUT2D eigenvalue weighted by Crippen LogP contribution is 2.29. The van der Waals surface area contributed by atoms with E-state index < -0.39 is 0 Å². The van der Waals surface area contributed by atoms with Crippen LogP contribution < -0.4 is 0 Å². The van der Waals surface area contributed by atoms with Gasteiger partial charge in [-0.15, -0.1) is 0 Å². The minimum absolute atomic E-state index is 0.0560. The van der Waals surface area contributed by atoms with Gasteiger partial charge >= 0.3 is 0 Å². The van der Waals surface area contributed by atoms with E-state index in [1.165, 1.54) is 18.5 Å². The van der Waals surface area contributed by atoms with Crippen LogP contribution in [0.4, 0.5) is 4.39 Å². The zero-order chi connectivity index (χ0) is 16.9. The Bertz CT molecular complexity index is 903. The molecule has 1 atom stereocenters. The van der Waals surface area contributed by atoms with Crippen molar-refractivity contribution < 1.29 is 4.39 Å². The second-order valence-electron chi connectivity index (χ2n) is 5.02. The third kappa shape index (κ3) is 3.03. The van der Waals surface area contributed by atoms with Crippen LogP contribution in [0.1, 0.15) is 25.5 Å². The molecular weight excluding hydrogens is 305 g/mol. The van der Waals surface area contributed by atoms with Crippen molar-refractivity contribution >= 4 is 10.9 Å². The molecule has 2 N–H and O–H groups in total. The molecule has 2 aromatic heterocycles. The number of benzene rings is 1. The first-order valence-electron chi connectivity index (χ1n) is 7.87. The van der Waals surface area contributed by atoms with E-state index in [1.54, 1.807) is 6.08 Å². The summed E-state index contributed by atoms with van der Waals surface area (Å²) in [4.78, 5) is 4.16. The van der Waals surface area contributed by atoms with E-state index in [4.69, 9.17) is 0 Å². The second-order valence-corrected chi connectivity index (χ2v) is 5.02. The third-order valence-electron chi connectivity index (χ3n) is 3.64. The molecule has 122 valence electrons. The predicted molar refractivity (Wildman–Crippen MR) is 93.0 cm³/mol. The number of allylic oxidation sites excluding steroid dienone is 6. The van der Waals surface area contributed by atoms with Crippen LogP contribution in [0.15, 0.2) is 60.7 Å². The lowest BCUT2D eigenvalue weighted by Gasteiger charge is -2.05. The lowest BCUT2D eigenvalue weighted by molar-refractivity contribution is 0.667. The van der Waals surface area contributed by atoms with Crippen LogP contribution in [-0.2, 0) is 0 Å². The van der Waals surface area contributed by atoms with Gasteiger partial charge in [-0.3, -0.25) is 10.2 Å². The molecule has 0 fully saturated rings. The molecule has 0 amide bonds. The Balaban J connectivity index is 0.000000815. The summed E-state index contributed by atoms with van der Waals surface area (Å²) < 4.78 is 13.3. The molecule has 0 saturated carbocycles. The number of aromatic nitrogens is 5. The first-order valence-corrected chi connectivity index (χ1v) is 7.87. The Kier molecular flexibility index (Phi) is 4.65. The maximum absolute atomic E-state index is 13.3. The number of aromatic amines is 2. The number of nitrogens with one attached hydrogen (secondary N) is 2. The first kappa shape index (κ1) is 15.9. The van der Waals surface area contributed by atoms with E-state index in [0.29, 0.717) is 5.82 Å². The molecule has 1 aliphatic carbocycles. The molecule has 24 heavy (non-hydrogen) atoms. The third-order valence-corrected chi connectivity index (χ3v) is 3.64. The van der Waals surface area contributed by atoms with Gasteiger partial charge in [-0.25, -0.2) is 9.37 Å². The Morgan fingerprint density at radius 2 is 2.00 bits per heavy atom. The van der Waals surface area contributed by atoms with E-state index in [0.717, 1.165) is 22.2 Å². The summed E-state index contributed by atoms with van der Waals surface area (Å²) in [5.74, 6) is 0.387. The van der Waals surface area contributed by atoms with Crippen LogP contribution in [0.3, 0.4) is 0 Å². The molecule has 1 aliphatic rings. The number of fused-ring (bicyclic) bond motifs is 1. The minimum atomic E-state index is -0.259. The van der Waals surface area contributed by atoms with Crippen molar-refractivity contribution in [3.8, 4) is 11.4 Å². The van der Waals surface area contributed by atoms with E-state index in [1.807, 2.05) is 44.2 Å². The standard InChI is InChI=1S/C16H12FN5.C2H6/c17-12-3-1-2-10(4-6-12)15-13-8-11(16-18-9-19-22-16)5-7-14(13)20-21-15;1-2/h1-10H,(H,20,21)(H,18,19,22);1-2H3. The van der Waals surface area contributed by atoms with Crippen molar-refractivity contribution in [3.05, 3.63) is 66.4 Å². The summed E-state index contributed by atoms with van der Waals surface area (Å²) in [6, 6.07) is 5.87. The van der Waals surface area contributed by atoms with Gasteiger partial charge in [-0.2, -0.15) is 10.2 Å². The summed E-state index contributed by atoms with van der Waals surface area (Å²) in [7, 11) is 0. The lowest BCUT2D eigenvalue weighted by atomic mass is 10.00. The maximum atomic E-state index is 13.3. The summed E-state index contributed by atoms with van der Waals surface area (Å²) in [6.45, 7) is 4.00. The Hall–Kier alpha value is -3.02. The van der Waals surface area contributed by atoms with Gasteiger partial charge in [0.2, 0.25) is 0 Å². The van der Waals surface area contributed by atoms with Crippen molar-refractivity contribution in [2.24, 2.45) is 0 Å². The molecule has 5 nitrogen and oxygen atoms in total. The molecular formula is C18H18FN5. The van der Waals surface area contributed by atoms with Crippen molar-refractivity contribution in [2.75, 3.05) is 0 Å². The molecule has 0 radical (unpaired) electrons. The summed E-state index contributed by atoms with van der Waals surface area (Å²) >= 11 is 0. The number of nitrogens with zero attached hydrogens (tertiary/aromatic N) is 3. The van der Waals surface area contributed by atoms with Crippen LogP contribution in [-0.4, -0.2) is 25.4 Å². The number of hydrogen-bond donors (Lipinski definition) is 2. The minimum Gasteiger partial charge on any atom is -0.280 e. The fourth-order valence-electron chi connectivity index (χ4n) is 2.55. The average molecular weight is 323 g/mol. The van der Waals surface area contributed by atoms with Gasteiger partial charge in [0.05, 0.1) is 11.2 Å². The van der Waals surface area contributed by atoms with Gasteiger partial charge in [-0.1, -0.05) is 32.1 Å². The highest BCUT2D eigenvalue weighted by molar-refractivity contribution is 5.86.